The maximum atomic E-state index is 11.8. The highest BCUT2D eigenvalue weighted by atomic mass is 16.4. The molecular formula is C12H23N3O4. The van der Waals surface area contributed by atoms with Gasteiger partial charge in [-0.05, 0) is 34.6 Å². The molecule has 0 bridgehead atoms. The van der Waals surface area contributed by atoms with Gasteiger partial charge in [-0.2, -0.15) is 0 Å². The Bertz CT molecular complexity index is 377. The summed E-state index contributed by atoms with van der Waals surface area (Å²) in [5, 5.41) is 14.3. The van der Waals surface area contributed by atoms with Crippen molar-refractivity contribution in [1.29, 1.82) is 0 Å². The molecule has 3 amide bonds. The summed E-state index contributed by atoms with van der Waals surface area (Å²) in [6.07, 6.45) is 0.0240. The zero-order valence-electron chi connectivity index (χ0n) is 12.0. The minimum atomic E-state index is -1.14. The number of primary amides is 1. The van der Waals surface area contributed by atoms with Gasteiger partial charge in [0.05, 0.1) is 11.0 Å². The van der Waals surface area contributed by atoms with E-state index in [9.17, 15) is 14.4 Å². The van der Waals surface area contributed by atoms with Crippen LogP contribution in [0.2, 0.25) is 0 Å². The first kappa shape index (κ1) is 17.2. The minimum Gasteiger partial charge on any atom is -0.481 e. The second-order valence-corrected chi connectivity index (χ2v) is 5.73. The number of hydrogen-bond acceptors (Lipinski definition) is 3. The van der Waals surface area contributed by atoms with Crippen LogP contribution >= 0.6 is 0 Å². The molecule has 0 aliphatic heterocycles. The van der Waals surface area contributed by atoms with E-state index in [1.807, 2.05) is 0 Å². The average molecular weight is 273 g/mol. The molecule has 5 N–H and O–H groups in total. The smallest absolute Gasteiger partial charge is 0.315 e. The number of amides is 3. The van der Waals surface area contributed by atoms with Crippen molar-refractivity contribution < 1.29 is 19.5 Å². The van der Waals surface area contributed by atoms with Crippen molar-refractivity contribution in [3.63, 3.8) is 0 Å². The van der Waals surface area contributed by atoms with Gasteiger partial charge in [-0.3, -0.25) is 9.59 Å². The molecule has 1 atom stereocenters. The Morgan fingerprint density at radius 2 is 1.68 bits per heavy atom. The topological polar surface area (TPSA) is 122 Å². The Morgan fingerprint density at radius 1 is 1.21 bits per heavy atom. The summed E-state index contributed by atoms with van der Waals surface area (Å²) in [7, 11) is 0. The third-order valence-corrected chi connectivity index (χ3v) is 3.41. The Kier molecular flexibility index (Phi) is 5.34. The van der Waals surface area contributed by atoms with Gasteiger partial charge >= 0.3 is 12.0 Å². The molecule has 7 nitrogen and oxygen atoms in total. The molecule has 0 saturated heterocycles. The number of carboxylic acids is 1. The monoisotopic (exact) mass is 273 g/mol. The van der Waals surface area contributed by atoms with E-state index >= 15 is 0 Å². The van der Waals surface area contributed by atoms with Gasteiger partial charge in [0.25, 0.3) is 0 Å². The molecule has 0 aromatic rings. The zero-order valence-corrected chi connectivity index (χ0v) is 12.0. The summed E-state index contributed by atoms with van der Waals surface area (Å²) in [5.41, 5.74) is 2.91. The van der Waals surface area contributed by atoms with Crippen molar-refractivity contribution in [1.82, 2.24) is 10.6 Å². The lowest BCUT2D eigenvalue weighted by Gasteiger charge is -2.38. The third-order valence-electron chi connectivity index (χ3n) is 3.41. The van der Waals surface area contributed by atoms with Crippen LogP contribution in [0.5, 0.6) is 0 Å². The van der Waals surface area contributed by atoms with E-state index < -0.39 is 34.9 Å². The molecular weight excluding hydrogens is 250 g/mol. The number of nitrogens with one attached hydrogen (secondary N) is 2. The van der Waals surface area contributed by atoms with Crippen LogP contribution in [-0.2, 0) is 9.59 Å². The van der Waals surface area contributed by atoms with Crippen molar-refractivity contribution in [3.05, 3.63) is 0 Å². The molecule has 1 unspecified atom stereocenters. The summed E-state index contributed by atoms with van der Waals surface area (Å²) >= 11 is 0. The predicted molar refractivity (Wildman–Crippen MR) is 70.4 cm³/mol. The summed E-state index contributed by atoms with van der Waals surface area (Å²) in [6.45, 7) is 7.95. The molecule has 0 spiro atoms. The number of carboxylic acid groups (broad SMARTS) is 1. The SMILES string of the molecule is CC(CC(N)=O)NC(=O)NC(C)(C)C(C)(C)C(=O)O. The highest BCUT2D eigenvalue weighted by Crippen LogP contribution is 2.30. The van der Waals surface area contributed by atoms with Gasteiger partial charge in [-0.15, -0.1) is 0 Å². The van der Waals surface area contributed by atoms with Crippen LogP contribution in [-0.4, -0.2) is 34.6 Å². The number of carbonyl (C=O) groups is 3. The Labute approximate surface area is 112 Å². The van der Waals surface area contributed by atoms with Gasteiger partial charge in [0, 0.05) is 12.5 Å². The highest BCUT2D eigenvalue weighted by Gasteiger charge is 2.44. The van der Waals surface area contributed by atoms with E-state index in [4.69, 9.17) is 10.8 Å². The van der Waals surface area contributed by atoms with Gasteiger partial charge < -0.3 is 21.5 Å². The van der Waals surface area contributed by atoms with E-state index in [1.54, 1.807) is 20.8 Å². The zero-order chi connectivity index (χ0) is 15.4. The molecule has 110 valence electrons. The van der Waals surface area contributed by atoms with E-state index in [0.717, 1.165) is 0 Å². The fraction of sp³-hybridized carbons (Fsp3) is 0.750. The fourth-order valence-corrected chi connectivity index (χ4v) is 1.32. The third kappa shape index (κ3) is 4.76. The van der Waals surface area contributed by atoms with Gasteiger partial charge in [0.1, 0.15) is 0 Å². The van der Waals surface area contributed by atoms with E-state index in [1.165, 1.54) is 13.8 Å². The molecule has 0 aromatic carbocycles. The van der Waals surface area contributed by atoms with Crippen LogP contribution < -0.4 is 16.4 Å². The van der Waals surface area contributed by atoms with Crippen LogP contribution in [0.1, 0.15) is 41.0 Å². The lowest BCUT2D eigenvalue weighted by Crippen LogP contribution is -2.59. The summed E-state index contributed by atoms with van der Waals surface area (Å²) in [5.74, 6) is -1.53. The molecule has 0 fully saturated rings. The Balaban J connectivity index is 4.63. The number of rotatable bonds is 6. The molecule has 19 heavy (non-hydrogen) atoms. The lowest BCUT2D eigenvalue weighted by atomic mass is 9.74. The van der Waals surface area contributed by atoms with Gasteiger partial charge in [0.2, 0.25) is 5.91 Å². The van der Waals surface area contributed by atoms with Crippen LogP contribution in [0.3, 0.4) is 0 Å². The standard InChI is InChI=1S/C12H23N3O4/c1-7(6-8(13)16)14-10(19)15-12(4,5)11(2,3)9(17)18/h7H,6H2,1-5H3,(H2,13,16)(H,17,18)(H2,14,15,19). The molecule has 0 radical (unpaired) electrons. The number of carbonyl (C=O) groups excluding carboxylic acids is 2. The number of aliphatic carboxylic acids is 1. The molecule has 0 rings (SSSR count). The summed E-state index contributed by atoms with van der Waals surface area (Å²) in [4.78, 5) is 33.6. The lowest BCUT2D eigenvalue weighted by molar-refractivity contribution is -0.150. The Morgan fingerprint density at radius 3 is 2.05 bits per heavy atom. The number of nitrogens with two attached hydrogens (primary N) is 1. The first-order valence-corrected chi connectivity index (χ1v) is 6.00. The molecule has 0 aliphatic carbocycles. The van der Waals surface area contributed by atoms with Crippen LogP contribution in [0, 0.1) is 5.41 Å². The van der Waals surface area contributed by atoms with Crippen molar-refractivity contribution in [2.24, 2.45) is 11.1 Å². The fourth-order valence-electron chi connectivity index (χ4n) is 1.32. The van der Waals surface area contributed by atoms with E-state index in [2.05, 4.69) is 10.6 Å². The van der Waals surface area contributed by atoms with Crippen LogP contribution in [0.15, 0.2) is 0 Å². The van der Waals surface area contributed by atoms with Crippen LogP contribution in [0.4, 0.5) is 4.79 Å². The average Bonchev–Trinajstić information content (AvgIpc) is 2.13. The Hall–Kier alpha value is -1.79. The molecule has 0 aliphatic rings. The van der Waals surface area contributed by atoms with Crippen molar-refractivity contribution in [3.8, 4) is 0 Å². The van der Waals surface area contributed by atoms with Gasteiger partial charge in [-0.1, -0.05) is 0 Å². The quantitative estimate of drug-likeness (QED) is 0.561. The van der Waals surface area contributed by atoms with E-state index in [0.29, 0.717) is 0 Å². The first-order chi connectivity index (χ1) is 8.40. The molecule has 7 heteroatoms. The van der Waals surface area contributed by atoms with Crippen molar-refractivity contribution >= 4 is 17.9 Å². The van der Waals surface area contributed by atoms with Gasteiger partial charge in [0.15, 0.2) is 0 Å². The summed E-state index contributed by atoms with van der Waals surface area (Å²) in [6, 6.07) is -0.950. The molecule has 0 heterocycles. The second kappa shape index (κ2) is 5.90. The minimum absolute atomic E-state index is 0.0240. The highest BCUT2D eigenvalue weighted by molar-refractivity contribution is 5.80. The number of urea groups is 1. The van der Waals surface area contributed by atoms with E-state index in [-0.39, 0.29) is 6.42 Å². The first-order valence-electron chi connectivity index (χ1n) is 6.00. The van der Waals surface area contributed by atoms with Crippen molar-refractivity contribution in [2.75, 3.05) is 0 Å². The van der Waals surface area contributed by atoms with Gasteiger partial charge in [-0.25, -0.2) is 4.79 Å². The largest absolute Gasteiger partial charge is 0.481 e. The maximum absolute atomic E-state index is 11.8. The molecule has 0 aromatic heterocycles. The van der Waals surface area contributed by atoms with Crippen molar-refractivity contribution in [2.45, 2.75) is 52.6 Å². The summed E-state index contributed by atoms with van der Waals surface area (Å²) < 4.78 is 0. The normalized spacial score (nSPS) is 13.5. The maximum Gasteiger partial charge on any atom is 0.315 e. The second-order valence-electron chi connectivity index (χ2n) is 5.73. The predicted octanol–water partition coefficient (Wildman–Crippen LogP) is 0.439. The molecule has 0 saturated carbocycles. The number of hydrogen-bond donors (Lipinski definition) is 4. The van der Waals surface area contributed by atoms with Crippen LogP contribution in [0.25, 0.3) is 0 Å².